The zero-order valence-electron chi connectivity index (χ0n) is 34.8. The molecule has 2 aromatic carbocycles. The fraction of sp³-hybridized carbons (Fsp3) is 0.500. The molecule has 326 valence electrons. The molecule has 15 nitrogen and oxygen atoms in total. The van der Waals surface area contributed by atoms with Gasteiger partial charge in [-0.3, -0.25) is 29.3 Å². The molecule has 18 heteroatoms. The Morgan fingerprint density at radius 2 is 1.77 bits per heavy atom. The Morgan fingerprint density at radius 3 is 2.56 bits per heavy atom. The molecule has 1 aliphatic carbocycles. The number of halogens is 3. The Morgan fingerprint density at radius 1 is 0.952 bits per heavy atom. The molecule has 3 unspecified atom stereocenters. The zero-order chi connectivity index (χ0) is 42.9. The second-order valence-corrected chi connectivity index (χ2v) is 18.0. The quantitative estimate of drug-likeness (QED) is 0.162. The molecule has 1 saturated carbocycles. The zero-order valence-corrected chi connectivity index (χ0v) is 35.6. The lowest BCUT2D eigenvalue weighted by Gasteiger charge is -2.37. The van der Waals surface area contributed by atoms with Crippen LogP contribution in [0.5, 0.6) is 5.75 Å². The lowest BCUT2D eigenvalue weighted by atomic mass is 9.92. The van der Waals surface area contributed by atoms with E-state index in [2.05, 4.69) is 41.7 Å². The van der Waals surface area contributed by atoms with Gasteiger partial charge in [0.25, 0.3) is 5.56 Å². The second-order valence-electron chi connectivity index (χ2n) is 17.6. The lowest BCUT2D eigenvalue weighted by Crippen LogP contribution is -2.48. The summed E-state index contributed by atoms with van der Waals surface area (Å²) in [6.07, 6.45) is 6.88. The molecule has 5 aliphatic rings. The van der Waals surface area contributed by atoms with E-state index in [9.17, 15) is 14.4 Å². The van der Waals surface area contributed by atoms with Crippen molar-refractivity contribution in [3.63, 3.8) is 0 Å². The van der Waals surface area contributed by atoms with E-state index in [4.69, 9.17) is 26.4 Å². The monoisotopic (exact) mass is 869 g/mol. The van der Waals surface area contributed by atoms with Crippen molar-refractivity contribution in [2.45, 2.75) is 62.8 Å². The maximum atomic E-state index is 15.2. The first-order valence-electron chi connectivity index (χ1n) is 21.7. The smallest absolute Gasteiger partial charge is 0.301 e. The minimum Gasteiger partial charge on any atom is -0.480 e. The van der Waals surface area contributed by atoms with Crippen LogP contribution in [0.25, 0.3) is 21.8 Å². The maximum Gasteiger partial charge on any atom is 0.301 e. The van der Waals surface area contributed by atoms with Crippen LogP contribution >= 0.6 is 11.6 Å². The number of piperazine rings is 1. The number of piperidine rings is 1. The average molecular weight is 870 g/mol. The number of nitrogens with zero attached hydrogens (tertiary/aromatic N) is 8. The van der Waals surface area contributed by atoms with E-state index in [1.165, 1.54) is 4.57 Å². The number of aryl methyl sites for hydroxylation is 2. The van der Waals surface area contributed by atoms with Crippen LogP contribution in [0, 0.1) is 11.8 Å². The van der Waals surface area contributed by atoms with Crippen molar-refractivity contribution in [3.8, 4) is 5.75 Å². The van der Waals surface area contributed by atoms with Gasteiger partial charge in [0.15, 0.2) is 12.4 Å². The average Bonchev–Trinajstić information content (AvgIpc) is 4.09. The number of aromatic nitrogens is 5. The molecule has 3 atom stereocenters. The van der Waals surface area contributed by atoms with Gasteiger partial charge in [0.05, 0.1) is 46.3 Å². The van der Waals surface area contributed by atoms with E-state index in [1.807, 2.05) is 36.0 Å². The van der Waals surface area contributed by atoms with Crippen LogP contribution in [0.1, 0.15) is 56.6 Å². The molecule has 10 rings (SSSR count). The summed E-state index contributed by atoms with van der Waals surface area (Å²) < 4.78 is 39.2. The van der Waals surface area contributed by atoms with Crippen LogP contribution in [-0.2, 0) is 23.7 Å². The van der Waals surface area contributed by atoms with E-state index in [0.29, 0.717) is 65.0 Å². The van der Waals surface area contributed by atoms with Crippen LogP contribution in [-0.4, -0.2) is 105 Å². The summed E-state index contributed by atoms with van der Waals surface area (Å²) in [6, 6.07) is 10.5. The number of benzene rings is 2. The van der Waals surface area contributed by atoms with Gasteiger partial charge in [-0.25, -0.2) is 13.8 Å². The number of carbonyl (C=O) groups excluding carboxylic acids is 2. The van der Waals surface area contributed by atoms with Crippen LogP contribution in [0.4, 0.5) is 37.6 Å². The van der Waals surface area contributed by atoms with Gasteiger partial charge < -0.3 is 29.7 Å². The Kier molecular flexibility index (Phi) is 10.4. The summed E-state index contributed by atoms with van der Waals surface area (Å²) in [4.78, 5) is 54.5. The lowest BCUT2D eigenvalue weighted by molar-refractivity contribution is -0.134. The molecule has 4 aliphatic heterocycles. The number of pyridine rings is 1. The third-order valence-corrected chi connectivity index (χ3v) is 13.7. The minimum absolute atomic E-state index is 0.105. The summed E-state index contributed by atoms with van der Waals surface area (Å²) in [5.74, 6) is -2.84. The third-order valence-electron chi connectivity index (χ3n) is 13.4. The van der Waals surface area contributed by atoms with E-state index in [-0.39, 0.29) is 29.2 Å². The van der Waals surface area contributed by atoms with Crippen molar-refractivity contribution in [1.29, 1.82) is 0 Å². The summed E-state index contributed by atoms with van der Waals surface area (Å²) in [6.45, 7) is 5.41. The number of rotatable bonds is 8. The normalized spacial score (nSPS) is 23.3. The summed E-state index contributed by atoms with van der Waals surface area (Å²) in [5, 5.41) is 15.5. The molecule has 0 spiro atoms. The van der Waals surface area contributed by atoms with Crippen molar-refractivity contribution < 1.29 is 23.1 Å². The number of ether oxygens (including phenoxy) is 1. The number of hydrogen-bond donors (Lipinski definition) is 3. The van der Waals surface area contributed by atoms with E-state index in [0.717, 1.165) is 87.4 Å². The Hall–Kier alpha value is -5.55. The minimum atomic E-state index is -3.13. The maximum absolute atomic E-state index is 15.2. The number of alkyl halides is 2. The van der Waals surface area contributed by atoms with Crippen LogP contribution < -0.4 is 36.0 Å². The first-order valence-corrected chi connectivity index (χ1v) is 22.0. The first-order chi connectivity index (χ1) is 29.9. The standard InChI is InChI=1S/C44H50ClF2N11O4/c1-54-32-12-10-27(21-30(32)36-38(42(54)61)62-24-44(46,47)39(51-36)26-8-9-26)49-40-31(45)22-48-43(52-40)58-15-4-5-25(14-16-58)23-56-17-19-57(20-18-56)33-7-3-6-28-35(53-55(2)37(28)33)29-11-13-34(59)50-41(29)60/h3,6-7,10,12,21-22,25-26,29,39,51H,4-5,8-9,11,13-20,23-24H2,1-2H3,(H,48,49,52)(H,50,59,60). The predicted molar refractivity (Wildman–Crippen MR) is 234 cm³/mol. The number of amides is 2. The number of nitrogens with one attached hydrogen (secondary N) is 3. The molecule has 2 amide bonds. The van der Waals surface area contributed by atoms with Crippen LogP contribution in [0.2, 0.25) is 5.02 Å². The van der Waals surface area contributed by atoms with Gasteiger partial charge in [0.2, 0.25) is 23.5 Å². The third kappa shape index (κ3) is 7.56. The highest BCUT2D eigenvalue weighted by atomic mass is 35.5. The van der Waals surface area contributed by atoms with Crippen molar-refractivity contribution in [1.82, 2.24) is 34.5 Å². The number of anilines is 5. The van der Waals surface area contributed by atoms with Gasteiger partial charge in [-0.2, -0.15) is 10.1 Å². The fourth-order valence-corrected chi connectivity index (χ4v) is 10.1. The predicted octanol–water partition coefficient (Wildman–Crippen LogP) is 5.78. The Bertz CT molecular complexity index is 2640. The van der Waals surface area contributed by atoms with Gasteiger partial charge in [0.1, 0.15) is 5.02 Å². The molecular weight excluding hydrogens is 820 g/mol. The Labute approximate surface area is 361 Å². The molecular formula is C44H50ClF2N11O4. The fourth-order valence-electron chi connectivity index (χ4n) is 9.92. The molecule has 5 aromatic rings. The molecule has 4 fully saturated rings. The van der Waals surface area contributed by atoms with E-state index >= 15 is 8.78 Å². The van der Waals surface area contributed by atoms with E-state index in [1.54, 1.807) is 19.3 Å². The van der Waals surface area contributed by atoms with Crippen molar-refractivity contribution in [3.05, 3.63) is 63.7 Å². The summed E-state index contributed by atoms with van der Waals surface area (Å²) in [5.41, 5.74) is 3.86. The van der Waals surface area contributed by atoms with Crippen molar-refractivity contribution in [2.75, 3.05) is 72.9 Å². The number of hydrogen-bond acceptors (Lipinski definition) is 12. The number of carbonyl (C=O) groups is 2. The topological polar surface area (TPSA) is 155 Å². The van der Waals surface area contributed by atoms with E-state index < -0.39 is 30.0 Å². The summed E-state index contributed by atoms with van der Waals surface area (Å²) >= 11 is 6.67. The van der Waals surface area contributed by atoms with Gasteiger partial charge in [-0.05, 0) is 74.6 Å². The number of fused-ring (bicyclic) bond motifs is 4. The van der Waals surface area contributed by atoms with Crippen LogP contribution in [0.15, 0.2) is 47.4 Å². The number of para-hydroxylation sites is 1. The van der Waals surface area contributed by atoms with Crippen LogP contribution in [0.3, 0.4) is 0 Å². The highest BCUT2D eigenvalue weighted by molar-refractivity contribution is 6.33. The number of imide groups is 1. The molecule has 0 bridgehead atoms. The molecule has 7 heterocycles. The van der Waals surface area contributed by atoms with Crippen molar-refractivity contribution in [2.24, 2.45) is 25.9 Å². The van der Waals surface area contributed by atoms with Gasteiger partial charge in [-0.15, -0.1) is 0 Å². The van der Waals surface area contributed by atoms with Gasteiger partial charge in [0, 0.05) is 82.8 Å². The van der Waals surface area contributed by atoms with Gasteiger partial charge in [-0.1, -0.05) is 23.7 Å². The first kappa shape index (κ1) is 40.5. The largest absolute Gasteiger partial charge is 0.480 e. The highest BCUT2D eigenvalue weighted by Gasteiger charge is 2.51. The van der Waals surface area contributed by atoms with Gasteiger partial charge >= 0.3 is 5.92 Å². The summed E-state index contributed by atoms with van der Waals surface area (Å²) in [7, 11) is 3.53. The molecule has 3 saturated heterocycles. The molecule has 3 N–H and O–H groups in total. The van der Waals surface area contributed by atoms with Crippen molar-refractivity contribution >= 4 is 74.0 Å². The highest BCUT2D eigenvalue weighted by Crippen LogP contribution is 2.46. The molecule has 0 radical (unpaired) electrons. The SMILES string of the molecule is Cn1nc(C2CCC(=O)NC2=O)c2cccc(N3CCN(CC4CCCN(c5ncc(Cl)c(Nc6ccc7c(c6)c6c(c(=O)n7C)OCC(F)(F)C(C7CC7)N6)n5)CC4)CC3)c21. The molecule has 3 aromatic heterocycles. The Balaban J connectivity index is 0.789. The molecule has 62 heavy (non-hydrogen) atoms. The second kappa shape index (κ2) is 16.0.